The lowest BCUT2D eigenvalue weighted by atomic mass is 9.68. The maximum absolute atomic E-state index is 13.9. The molecule has 7 nitrogen and oxygen atoms in total. The largest absolute Gasteiger partial charge is 0.493 e. The molecule has 0 spiro atoms. The number of thioether (sulfide) groups is 1. The van der Waals surface area contributed by atoms with Crippen molar-refractivity contribution in [2.45, 2.75) is 29.2 Å². The summed E-state index contributed by atoms with van der Waals surface area (Å²) in [5.74, 6) is 0.639. The van der Waals surface area contributed by atoms with Crippen molar-refractivity contribution in [3.63, 3.8) is 0 Å². The Balaban J connectivity index is 1.16. The highest BCUT2D eigenvalue weighted by molar-refractivity contribution is 8.00. The second-order valence-corrected chi connectivity index (χ2v) is 13.7. The van der Waals surface area contributed by atoms with Crippen LogP contribution in [0, 0.1) is 29.6 Å². The van der Waals surface area contributed by atoms with Gasteiger partial charge in [-0.05, 0) is 59.6 Å². The Hall–Kier alpha value is -3.82. The van der Waals surface area contributed by atoms with Gasteiger partial charge >= 0.3 is 4.87 Å². The Bertz CT molecular complexity index is 1750. The molecule has 4 aliphatic rings. The first-order valence-electron chi connectivity index (χ1n) is 14.2. The molecule has 1 aromatic heterocycles. The molecule has 2 aliphatic heterocycles. The second-order valence-electron chi connectivity index (χ2n) is 11.5. The maximum atomic E-state index is 13.9. The number of anilines is 1. The number of para-hydroxylation sites is 1. The van der Waals surface area contributed by atoms with Crippen molar-refractivity contribution in [3.05, 3.63) is 105 Å². The van der Waals surface area contributed by atoms with Crippen LogP contribution >= 0.6 is 23.1 Å². The van der Waals surface area contributed by atoms with Gasteiger partial charge in [0.2, 0.25) is 11.8 Å². The van der Waals surface area contributed by atoms with Gasteiger partial charge in [0.25, 0.3) is 0 Å². The minimum atomic E-state index is -0.334. The number of nitrogens with one attached hydrogen (secondary N) is 1. The van der Waals surface area contributed by atoms with E-state index in [0.717, 1.165) is 27.5 Å². The van der Waals surface area contributed by atoms with Gasteiger partial charge < -0.3 is 14.5 Å². The fraction of sp³-hybridized carbons (Fsp3) is 0.303. The number of fused-ring (bicyclic) bond motifs is 9. The number of H-pyrrole nitrogens is 1. The number of benzene rings is 3. The van der Waals surface area contributed by atoms with E-state index in [-0.39, 0.29) is 57.4 Å². The third-order valence-corrected chi connectivity index (χ3v) is 12.1. The molecule has 42 heavy (non-hydrogen) atoms. The average molecular weight is 597 g/mol. The van der Waals surface area contributed by atoms with E-state index >= 15 is 0 Å². The number of hydrogen-bond acceptors (Lipinski definition) is 7. The van der Waals surface area contributed by atoms with Crippen LogP contribution in [0.25, 0.3) is 0 Å². The van der Waals surface area contributed by atoms with Crippen molar-refractivity contribution in [2.75, 3.05) is 12.0 Å². The van der Waals surface area contributed by atoms with Crippen molar-refractivity contribution in [1.29, 1.82) is 0 Å². The number of nitrogens with zero attached hydrogens (tertiary/aromatic N) is 1. The molecule has 5 unspecified atom stereocenters. The number of rotatable bonds is 6. The molecule has 7 atom stereocenters. The van der Waals surface area contributed by atoms with Gasteiger partial charge in [0.05, 0.1) is 29.7 Å². The zero-order valence-corrected chi connectivity index (χ0v) is 24.4. The first-order valence-corrected chi connectivity index (χ1v) is 15.9. The summed E-state index contributed by atoms with van der Waals surface area (Å²) in [5.41, 5.74) is 2.74. The topological polar surface area (TPSA) is 88.7 Å². The summed E-state index contributed by atoms with van der Waals surface area (Å²) in [6.45, 7) is 0.422. The van der Waals surface area contributed by atoms with Crippen LogP contribution in [0.3, 0.4) is 0 Å². The monoisotopic (exact) mass is 596 g/mol. The van der Waals surface area contributed by atoms with E-state index in [1.165, 1.54) is 16.2 Å². The molecule has 212 valence electrons. The number of ether oxygens (including phenoxy) is 2. The van der Waals surface area contributed by atoms with E-state index in [2.05, 4.69) is 11.1 Å². The normalized spacial score (nSPS) is 28.9. The number of aromatic nitrogens is 1. The molecule has 8 rings (SSSR count). The van der Waals surface area contributed by atoms with Gasteiger partial charge in [-0.15, -0.1) is 11.8 Å². The van der Waals surface area contributed by atoms with E-state index in [1.807, 2.05) is 72.8 Å². The number of hydrogen-bond donors (Lipinski definition) is 1. The number of carbonyl (C=O) groups excluding carboxylic acids is 2. The zero-order valence-electron chi connectivity index (χ0n) is 22.8. The van der Waals surface area contributed by atoms with Crippen LogP contribution in [0.4, 0.5) is 5.69 Å². The van der Waals surface area contributed by atoms with Crippen LogP contribution < -0.4 is 19.2 Å². The molecule has 2 saturated carbocycles. The van der Waals surface area contributed by atoms with Crippen LogP contribution in [-0.2, 0) is 16.2 Å². The second kappa shape index (κ2) is 9.88. The number of methoxy groups -OCH3 is 1. The lowest BCUT2D eigenvalue weighted by Crippen LogP contribution is -2.42. The van der Waals surface area contributed by atoms with Crippen LogP contribution in [0.1, 0.15) is 28.3 Å². The molecule has 2 bridgehead atoms. The molecular weight excluding hydrogens is 569 g/mol. The average Bonchev–Trinajstić information content (AvgIpc) is 3.75. The van der Waals surface area contributed by atoms with Crippen molar-refractivity contribution in [3.8, 4) is 11.5 Å². The Labute approximate surface area is 250 Å². The van der Waals surface area contributed by atoms with Gasteiger partial charge in [0, 0.05) is 16.0 Å². The molecule has 2 amide bonds. The number of amides is 2. The van der Waals surface area contributed by atoms with E-state index < -0.39 is 0 Å². The predicted octanol–water partition coefficient (Wildman–Crippen LogP) is 5.70. The van der Waals surface area contributed by atoms with Gasteiger partial charge in [-0.25, -0.2) is 0 Å². The number of carbonyl (C=O) groups is 2. The third-order valence-electron chi connectivity index (χ3n) is 9.52. The number of thiazole rings is 1. The quantitative estimate of drug-likeness (QED) is 0.287. The standard InChI is InChI=1S/C33H28N2O5S2/c1-39-23-14-18(12-13-22(23)40-16-17-8-4-2-5-9-17)24-25-20-15-21(28(25)41-30-29(24)42-33(38)34-30)27-26(20)31(36)35(32(27)37)19-10-6-3-7-11-19/h2-14,20-21,24-28H,15-16H2,1H3,(H,34,38)/t20-,21-,24?,25?,26?,27?,28?/m1/s1. The first-order chi connectivity index (χ1) is 20.5. The predicted molar refractivity (Wildman–Crippen MR) is 161 cm³/mol. The summed E-state index contributed by atoms with van der Waals surface area (Å²) in [6, 6.07) is 25.3. The van der Waals surface area contributed by atoms with Gasteiger partial charge in [0.1, 0.15) is 6.61 Å². The number of imide groups is 1. The number of aromatic amines is 1. The van der Waals surface area contributed by atoms with Crippen molar-refractivity contribution in [2.24, 2.45) is 29.6 Å². The molecular formula is C33H28N2O5S2. The van der Waals surface area contributed by atoms with Crippen molar-refractivity contribution < 1.29 is 19.1 Å². The molecule has 9 heteroatoms. The maximum Gasteiger partial charge on any atom is 0.305 e. The highest BCUT2D eigenvalue weighted by Crippen LogP contribution is 2.68. The molecule has 1 N–H and O–H groups in total. The molecule has 4 aromatic rings. The Morgan fingerprint density at radius 1 is 0.881 bits per heavy atom. The van der Waals surface area contributed by atoms with Gasteiger partial charge in [-0.2, -0.15) is 0 Å². The smallest absolute Gasteiger partial charge is 0.305 e. The van der Waals surface area contributed by atoms with Crippen LogP contribution in [0.5, 0.6) is 11.5 Å². The molecule has 0 radical (unpaired) electrons. The minimum absolute atomic E-state index is 0.0537. The van der Waals surface area contributed by atoms with Crippen LogP contribution in [0.2, 0.25) is 0 Å². The SMILES string of the molecule is COc1cc(C2c3sc(=O)[nH]c3SC3C2[C@H]2C[C@@H]3C3C(=O)N(c4ccccc4)C(=O)C32)ccc1OCc1ccccc1. The molecule has 1 saturated heterocycles. The van der Waals surface area contributed by atoms with Gasteiger partial charge in [0.15, 0.2) is 11.5 Å². The summed E-state index contributed by atoms with van der Waals surface area (Å²) in [6.07, 6.45) is 0.850. The van der Waals surface area contributed by atoms with Crippen molar-refractivity contribution in [1.82, 2.24) is 4.98 Å². The van der Waals surface area contributed by atoms with Crippen LogP contribution in [-0.4, -0.2) is 29.2 Å². The minimum Gasteiger partial charge on any atom is -0.493 e. The van der Waals surface area contributed by atoms with E-state index in [4.69, 9.17) is 9.47 Å². The summed E-state index contributed by atoms with van der Waals surface area (Å²) in [7, 11) is 1.64. The summed E-state index contributed by atoms with van der Waals surface area (Å²) >= 11 is 2.95. The Morgan fingerprint density at radius 2 is 1.60 bits per heavy atom. The third kappa shape index (κ3) is 3.83. The summed E-state index contributed by atoms with van der Waals surface area (Å²) in [4.78, 5) is 45.7. The fourth-order valence-corrected chi connectivity index (χ4v) is 10.8. The van der Waals surface area contributed by atoms with E-state index in [1.54, 1.807) is 18.9 Å². The lowest BCUT2D eigenvalue weighted by Gasteiger charge is -2.43. The van der Waals surface area contributed by atoms with Gasteiger partial charge in [-0.3, -0.25) is 19.3 Å². The first kappa shape index (κ1) is 25.9. The molecule has 3 aromatic carbocycles. The highest BCUT2D eigenvalue weighted by Gasteiger charge is 2.69. The lowest BCUT2D eigenvalue weighted by molar-refractivity contribution is -0.123. The Morgan fingerprint density at radius 3 is 2.33 bits per heavy atom. The van der Waals surface area contributed by atoms with Crippen LogP contribution in [0.15, 0.2) is 88.7 Å². The van der Waals surface area contributed by atoms with E-state index in [0.29, 0.717) is 23.8 Å². The fourth-order valence-electron chi connectivity index (χ4n) is 7.95. The van der Waals surface area contributed by atoms with E-state index in [9.17, 15) is 14.4 Å². The van der Waals surface area contributed by atoms with Gasteiger partial charge in [-0.1, -0.05) is 65.9 Å². The molecule has 3 heterocycles. The zero-order chi connectivity index (χ0) is 28.5. The Kier molecular flexibility index (Phi) is 6.08. The van der Waals surface area contributed by atoms with Crippen molar-refractivity contribution >= 4 is 40.6 Å². The molecule has 2 aliphatic carbocycles. The highest BCUT2D eigenvalue weighted by atomic mass is 32.2. The molecule has 3 fully saturated rings. The summed E-state index contributed by atoms with van der Waals surface area (Å²) in [5, 5.41) is 1.02. The summed E-state index contributed by atoms with van der Waals surface area (Å²) < 4.78 is 11.9.